The number of carbonyl (C=O) groups is 1. The molecule has 0 aliphatic carbocycles. The Hall–Kier alpha value is -3.42. The van der Waals surface area contributed by atoms with Crippen LogP contribution in [0.3, 0.4) is 0 Å². The number of likely N-dealkylation sites (tertiary alicyclic amines) is 1. The van der Waals surface area contributed by atoms with Gasteiger partial charge in [0.1, 0.15) is 6.61 Å². The van der Waals surface area contributed by atoms with Crippen molar-refractivity contribution in [2.45, 2.75) is 24.6 Å². The Kier molecular flexibility index (Phi) is 8.93. The van der Waals surface area contributed by atoms with Gasteiger partial charge in [0.15, 0.2) is 0 Å². The maximum atomic E-state index is 13.2. The van der Waals surface area contributed by atoms with Gasteiger partial charge >= 0.3 is 6.18 Å². The molecule has 0 atom stereocenters. The average molecular weight is 558 g/mol. The van der Waals surface area contributed by atoms with E-state index < -0.39 is 28.3 Å². The Morgan fingerprint density at radius 1 is 1.08 bits per heavy atom. The first-order valence-corrected chi connectivity index (χ1v) is 12.8. The van der Waals surface area contributed by atoms with Gasteiger partial charge in [-0.15, -0.1) is 0 Å². The number of rotatable bonds is 8. The quantitative estimate of drug-likeness (QED) is 0.364. The highest BCUT2D eigenvalue weighted by Gasteiger charge is 2.38. The molecule has 1 aliphatic rings. The number of hydrogen-bond donors (Lipinski definition) is 2. The molecule has 1 aliphatic heterocycles. The van der Waals surface area contributed by atoms with E-state index in [1.165, 1.54) is 6.07 Å². The predicted octanol–water partition coefficient (Wildman–Crippen LogP) is 5.84. The summed E-state index contributed by atoms with van der Waals surface area (Å²) in [6.45, 7) is 1.48. The van der Waals surface area contributed by atoms with Crippen LogP contribution < -0.4 is 5.32 Å². The number of benzene rings is 3. The summed E-state index contributed by atoms with van der Waals surface area (Å²) in [5, 5.41) is 20.5. The molecule has 4 rings (SSSR count). The molecule has 0 bridgehead atoms. The van der Waals surface area contributed by atoms with Gasteiger partial charge < -0.3 is 20.1 Å². The van der Waals surface area contributed by atoms with Crippen molar-refractivity contribution in [3.05, 3.63) is 88.4 Å². The number of aliphatic hydroxyl groups is 1. The lowest BCUT2D eigenvalue weighted by molar-refractivity contribution is -0.137. The molecule has 1 fully saturated rings. The van der Waals surface area contributed by atoms with Gasteiger partial charge in [-0.05, 0) is 59.9 Å². The zero-order valence-corrected chi connectivity index (χ0v) is 21.7. The van der Waals surface area contributed by atoms with E-state index in [1.54, 1.807) is 12.1 Å². The minimum atomic E-state index is -4.65. The first kappa shape index (κ1) is 28.6. The number of β-amino-alcohol motifs (C(OH)–C–C–N with tert-alkyl or cyclic N) is 1. The molecule has 10 heteroatoms. The predicted molar refractivity (Wildman–Crippen MR) is 142 cm³/mol. The number of carbonyl (C=O) groups excluding carboxylic acids is 1. The molecule has 0 radical (unpaired) electrons. The monoisotopic (exact) mass is 557 g/mol. The molecule has 1 amide bonds. The summed E-state index contributed by atoms with van der Waals surface area (Å²) in [4.78, 5) is 14.8. The van der Waals surface area contributed by atoms with Gasteiger partial charge in [-0.2, -0.15) is 18.4 Å². The minimum Gasteiger partial charge on any atom is -0.395 e. The first-order valence-electron chi connectivity index (χ1n) is 12.4. The molecular weight excluding hydrogens is 531 g/mol. The molecule has 0 spiro atoms. The van der Waals surface area contributed by atoms with E-state index in [4.69, 9.17) is 16.3 Å². The van der Waals surface area contributed by atoms with Crippen molar-refractivity contribution in [2.75, 3.05) is 38.2 Å². The van der Waals surface area contributed by atoms with Gasteiger partial charge in [0.25, 0.3) is 0 Å². The molecule has 0 saturated carbocycles. The van der Waals surface area contributed by atoms with Crippen molar-refractivity contribution in [1.82, 2.24) is 4.90 Å². The van der Waals surface area contributed by atoms with Crippen LogP contribution in [-0.4, -0.2) is 48.8 Å². The highest BCUT2D eigenvalue weighted by molar-refractivity contribution is 6.31. The molecule has 39 heavy (non-hydrogen) atoms. The van der Waals surface area contributed by atoms with Crippen LogP contribution >= 0.6 is 11.6 Å². The Morgan fingerprint density at radius 3 is 2.44 bits per heavy atom. The minimum absolute atomic E-state index is 0.0314. The molecule has 2 N–H and O–H groups in total. The summed E-state index contributed by atoms with van der Waals surface area (Å²) in [6, 6.07) is 20.3. The van der Waals surface area contributed by atoms with Crippen LogP contribution in [0.5, 0.6) is 0 Å². The number of halogens is 4. The van der Waals surface area contributed by atoms with Crippen molar-refractivity contribution < 1.29 is 27.8 Å². The van der Waals surface area contributed by atoms with Crippen LogP contribution in [0.15, 0.2) is 66.7 Å². The number of nitrogens with one attached hydrogen (secondary N) is 1. The second kappa shape index (κ2) is 12.2. The summed E-state index contributed by atoms with van der Waals surface area (Å²) >= 11 is 5.67. The van der Waals surface area contributed by atoms with Crippen molar-refractivity contribution in [2.24, 2.45) is 0 Å². The van der Waals surface area contributed by atoms with Crippen LogP contribution in [0.2, 0.25) is 5.02 Å². The molecule has 1 saturated heterocycles. The van der Waals surface area contributed by atoms with Crippen molar-refractivity contribution in [3.63, 3.8) is 0 Å². The lowest BCUT2D eigenvalue weighted by Crippen LogP contribution is -2.46. The highest BCUT2D eigenvalue weighted by Crippen LogP contribution is 2.38. The average Bonchev–Trinajstić information content (AvgIpc) is 2.93. The summed E-state index contributed by atoms with van der Waals surface area (Å²) in [5.74, 6) is -0.590. The molecule has 0 unspecified atom stereocenters. The van der Waals surface area contributed by atoms with Crippen molar-refractivity contribution in [1.29, 1.82) is 5.26 Å². The van der Waals surface area contributed by atoms with Gasteiger partial charge in [0.2, 0.25) is 5.91 Å². The summed E-state index contributed by atoms with van der Waals surface area (Å²) in [6.07, 6.45) is -3.53. The summed E-state index contributed by atoms with van der Waals surface area (Å²) in [5.41, 5.74) is 1.38. The first-order chi connectivity index (χ1) is 18.6. The van der Waals surface area contributed by atoms with Crippen LogP contribution in [-0.2, 0) is 21.3 Å². The number of anilines is 1. The Balaban J connectivity index is 1.52. The fourth-order valence-electron chi connectivity index (χ4n) is 4.75. The number of aliphatic hydroxyl groups excluding tert-OH is 1. The second-order valence-electron chi connectivity index (χ2n) is 9.36. The van der Waals surface area contributed by atoms with E-state index in [9.17, 15) is 28.3 Å². The zero-order valence-electron chi connectivity index (χ0n) is 21.0. The Bertz CT molecular complexity index is 1350. The third-order valence-corrected chi connectivity index (χ3v) is 7.18. The molecule has 204 valence electrons. The van der Waals surface area contributed by atoms with E-state index in [0.29, 0.717) is 38.0 Å². The molecule has 3 aromatic rings. The zero-order chi connectivity index (χ0) is 28.0. The van der Waals surface area contributed by atoms with E-state index in [-0.39, 0.29) is 18.9 Å². The van der Waals surface area contributed by atoms with Crippen LogP contribution in [0, 0.1) is 11.3 Å². The van der Waals surface area contributed by atoms with Gasteiger partial charge in [-0.3, -0.25) is 4.79 Å². The third kappa shape index (κ3) is 6.97. The molecule has 6 nitrogen and oxygen atoms in total. The topological polar surface area (TPSA) is 85.6 Å². The number of nitriles is 1. The standard InChI is InChI=1S/C29H27ClF3N3O3/c30-26-9-8-24(17-25(26)29(31,32)33)35-27(38)19-39-28(10-12-36(13-11-28)14-15-37)23-6-4-21(5-7-23)22-3-1-2-20(16-22)18-34/h1-9,16-17,37H,10-15,19H2,(H,35,38). The van der Waals surface area contributed by atoms with E-state index in [2.05, 4.69) is 16.3 Å². The van der Waals surface area contributed by atoms with Crippen molar-refractivity contribution in [3.8, 4) is 17.2 Å². The molecule has 3 aromatic carbocycles. The number of nitrogens with zero attached hydrogens (tertiary/aromatic N) is 2. The molecule has 0 aromatic heterocycles. The maximum Gasteiger partial charge on any atom is 0.417 e. The lowest BCUT2D eigenvalue weighted by Gasteiger charge is -2.42. The summed E-state index contributed by atoms with van der Waals surface area (Å²) < 4.78 is 45.8. The van der Waals surface area contributed by atoms with Gasteiger partial charge in [-0.25, -0.2) is 0 Å². The number of amides is 1. The third-order valence-electron chi connectivity index (χ3n) is 6.85. The van der Waals surface area contributed by atoms with Gasteiger partial charge in [-0.1, -0.05) is 48.0 Å². The van der Waals surface area contributed by atoms with Gasteiger partial charge in [0, 0.05) is 25.3 Å². The largest absolute Gasteiger partial charge is 0.417 e. The number of alkyl halides is 3. The fraction of sp³-hybridized carbons (Fsp3) is 0.310. The number of hydrogen-bond acceptors (Lipinski definition) is 5. The fourth-order valence-corrected chi connectivity index (χ4v) is 4.98. The van der Waals surface area contributed by atoms with Crippen LogP contribution in [0.4, 0.5) is 18.9 Å². The number of piperidine rings is 1. The van der Waals surface area contributed by atoms with Crippen LogP contribution in [0.25, 0.3) is 11.1 Å². The Labute approximate surface area is 229 Å². The SMILES string of the molecule is N#Cc1cccc(-c2ccc(C3(OCC(=O)Nc4ccc(Cl)c(C(F)(F)F)c4)CCN(CCO)CC3)cc2)c1. The van der Waals surface area contributed by atoms with E-state index >= 15 is 0 Å². The van der Waals surface area contributed by atoms with Gasteiger partial charge in [0.05, 0.1) is 34.4 Å². The summed E-state index contributed by atoms with van der Waals surface area (Å²) in [7, 11) is 0. The highest BCUT2D eigenvalue weighted by atomic mass is 35.5. The lowest BCUT2D eigenvalue weighted by atomic mass is 9.83. The van der Waals surface area contributed by atoms with Crippen LogP contribution in [0.1, 0.15) is 29.5 Å². The molecule has 1 heterocycles. The number of ether oxygens (including phenoxy) is 1. The van der Waals surface area contributed by atoms with E-state index in [1.807, 2.05) is 36.4 Å². The Morgan fingerprint density at radius 2 is 1.79 bits per heavy atom. The smallest absolute Gasteiger partial charge is 0.395 e. The second-order valence-corrected chi connectivity index (χ2v) is 9.77. The maximum absolute atomic E-state index is 13.2. The van der Waals surface area contributed by atoms with E-state index in [0.717, 1.165) is 28.8 Å². The van der Waals surface area contributed by atoms with Crippen molar-refractivity contribution >= 4 is 23.2 Å². The molecular formula is C29H27ClF3N3O3. The normalized spacial score (nSPS) is 15.5.